The molecule has 9 rings (SSSR count). The number of carbonyl (C=O) groups is 2. The molecule has 2 N–H and O–H groups in total. The summed E-state index contributed by atoms with van der Waals surface area (Å²) in [6.45, 7) is 7.31. The monoisotopic (exact) mass is 822 g/mol. The average Bonchev–Trinajstić information content (AvgIpc) is 4.00. The highest BCUT2D eigenvalue weighted by atomic mass is 16.7. The predicted octanol–water partition coefficient (Wildman–Crippen LogP) is 9.17. The highest BCUT2D eigenvalue weighted by Crippen LogP contribution is 2.45. The smallest absolute Gasteiger partial charge is 0.360 e. The molecule has 0 saturated heterocycles. The number of aromatic nitrogens is 4. The normalized spacial score (nSPS) is 17.4. The number of rotatable bonds is 12. The molecule has 2 atom stereocenters. The number of nitrogens with one attached hydrogen (secondary N) is 1. The Hall–Kier alpha value is -7.37. The third-order valence-electron chi connectivity index (χ3n) is 11.7. The van der Waals surface area contributed by atoms with Crippen LogP contribution < -0.4 is 10.2 Å². The first-order chi connectivity index (χ1) is 30.0. The third kappa shape index (κ3) is 6.80. The number of tetrazole rings is 1. The highest BCUT2D eigenvalue weighted by molar-refractivity contribution is 5.98. The molecule has 11 nitrogen and oxygen atoms in total. The SMILES string of the molecule is CCCC1(C)NC(C(C)(C)O)=C(C(=O)OC2OC(=O)c3ccccc32)N1c1ccc(-c2ccccc2-c2nnnn2C(c2ccccc2)(c2ccccc2)c2ccccc2)cc1. The van der Waals surface area contributed by atoms with Crippen LogP contribution in [-0.2, 0) is 19.8 Å². The molecular weight excluding hydrogens is 777 g/mol. The Labute approximate surface area is 360 Å². The van der Waals surface area contributed by atoms with Crippen LogP contribution in [0.5, 0.6) is 0 Å². The van der Waals surface area contributed by atoms with E-state index in [9.17, 15) is 14.7 Å². The van der Waals surface area contributed by atoms with Gasteiger partial charge in [-0.1, -0.05) is 159 Å². The zero-order chi connectivity index (χ0) is 43.1. The number of carbonyl (C=O) groups excluding carboxylic acids is 2. The molecule has 310 valence electrons. The summed E-state index contributed by atoms with van der Waals surface area (Å²) < 4.78 is 13.4. The predicted molar refractivity (Wildman–Crippen MR) is 236 cm³/mol. The van der Waals surface area contributed by atoms with E-state index in [2.05, 4.69) is 53.9 Å². The summed E-state index contributed by atoms with van der Waals surface area (Å²) in [7, 11) is 0. The third-order valence-corrected chi connectivity index (χ3v) is 11.7. The molecule has 62 heavy (non-hydrogen) atoms. The number of fused-ring (bicyclic) bond motifs is 1. The maximum absolute atomic E-state index is 14.5. The molecule has 1 aromatic heterocycles. The summed E-state index contributed by atoms with van der Waals surface area (Å²) in [6, 6.07) is 53.7. The molecule has 0 radical (unpaired) electrons. The van der Waals surface area contributed by atoms with Gasteiger partial charge in [0.1, 0.15) is 16.8 Å². The van der Waals surface area contributed by atoms with Gasteiger partial charge in [0.25, 0.3) is 6.29 Å². The Morgan fingerprint density at radius 3 is 1.85 bits per heavy atom. The average molecular weight is 823 g/mol. The Balaban J connectivity index is 1.14. The first kappa shape index (κ1) is 40.1. The van der Waals surface area contributed by atoms with E-state index < -0.39 is 35.0 Å². The Morgan fingerprint density at radius 2 is 1.29 bits per heavy atom. The van der Waals surface area contributed by atoms with Crippen LogP contribution >= 0.6 is 0 Å². The lowest BCUT2D eigenvalue weighted by Crippen LogP contribution is -2.52. The minimum atomic E-state index is -1.46. The second kappa shape index (κ2) is 15.9. The van der Waals surface area contributed by atoms with Gasteiger partial charge in [-0.05, 0) is 83.6 Å². The summed E-state index contributed by atoms with van der Waals surface area (Å²) in [5.41, 5.74) is 4.25. The van der Waals surface area contributed by atoms with Crippen molar-refractivity contribution in [3.63, 3.8) is 0 Å². The molecule has 0 bridgehead atoms. The first-order valence-corrected chi connectivity index (χ1v) is 20.8. The molecule has 0 fully saturated rings. The summed E-state index contributed by atoms with van der Waals surface area (Å²) in [6.07, 6.45) is 0.150. The van der Waals surface area contributed by atoms with Gasteiger partial charge in [-0.2, -0.15) is 0 Å². The minimum absolute atomic E-state index is 0.125. The Kier molecular flexibility index (Phi) is 10.3. The van der Waals surface area contributed by atoms with E-state index >= 15 is 0 Å². The summed E-state index contributed by atoms with van der Waals surface area (Å²) in [4.78, 5) is 29.0. The second-order valence-corrected chi connectivity index (χ2v) is 16.3. The first-order valence-electron chi connectivity index (χ1n) is 20.8. The number of cyclic esters (lactones) is 1. The molecule has 6 aromatic carbocycles. The quantitative estimate of drug-likeness (QED) is 0.0909. The van der Waals surface area contributed by atoms with Gasteiger partial charge >= 0.3 is 11.9 Å². The van der Waals surface area contributed by atoms with Crippen LogP contribution in [-0.4, -0.2) is 48.5 Å². The number of esters is 2. The molecule has 3 heterocycles. The standard InChI is InChI=1S/C51H46N6O5/c1-5-33-50(4)52-44(49(2,3)60)43(47(59)62-48-42-28-18-17-27-41(42)46(58)61-48)56(50)38-31-29-34(30-32-38)39-25-15-16-26-40(39)45-53-54-55-57(45)51(35-19-9-6-10-20-35,36-21-11-7-12-22-36)37-23-13-8-14-24-37/h6-32,48,52,60H,5,33H2,1-4H3. The summed E-state index contributed by atoms with van der Waals surface area (Å²) in [5, 5.41) is 28.9. The molecule has 2 aliphatic rings. The van der Waals surface area contributed by atoms with Gasteiger partial charge in [0.2, 0.25) is 0 Å². The van der Waals surface area contributed by atoms with E-state index in [0.29, 0.717) is 34.8 Å². The number of nitrogens with zero attached hydrogens (tertiary/aromatic N) is 5. The maximum Gasteiger partial charge on any atom is 0.360 e. The van der Waals surface area contributed by atoms with Crippen molar-refractivity contribution in [2.75, 3.05) is 4.90 Å². The molecule has 0 spiro atoms. The molecule has 2 unspecified atom stereocenters. The van der Waals surface area contributed by atoms with E-state index in [4.69, 9.17) is 19.8 Å². The molecule has 0 amide bonds. The van der Waals surface area contributed by atoms with E-state index in [1.807, 2.05) is 120 Å². The maximum atomic E-state index is 14.5. The number of ether oxygens (including phenoxy) is 2. The summed E-state index contributed by atoms with van der Waals surface area (Å²) in [5.74, 6) is -0.746. The van der Waals surface area contributed by atoms with Crippen LogP contribution in [0.1, 0.15) is 79.4 Å². The van der Waals surface area contributed by atoms with Crippen molar-refractivity contribution in [2.24, 2.45) is 0 Å². The van der Waals surface area contributed by atoms with Gasteiger partial charge in [0.05, 0.1) is 11.3 Å². The molecule has 0 aliphatic carbocycles. The number of hydrogen-bond donors (Lipinski definition) is 2. The van der Waals surface area contributed by atoms with Crippen molar-refractivity contribution < 1.29 is 24.2 Å². The van der Waals surface area contributed by atoms with Crippen molar-refractivity contribution in [1.82, 2.24) is 25.5 Å². The lowest BCUT2D eigenvalue weighted by Gasteiger charge is -2.38. The van der Waals surface area contributed by atoms with Gasteiger partial charge in [0, 0.05) is 16.8 Å². The number of benzene rings is 6. The van der Waals surface area contributed by atoms with Crippen molar-refractivity contribution in [3.05, 3.63) is 203 Å². The van der Waals surface area contributed by atoms with Crippen LogP contribution in [0.2, 0.25) is 0 Å². The van der Waals surface area contributed by atoms with Crippen molar-refractivity contribution in [1.29, 1.82) is 0 Å². The van der Waals surface area contributed by atoms with E-state index in [1.165, 1.54) is 0 Å². The molecular formula is C51H46N6O5. The number of aliphatic hydroxyl groups is 1. The van der Waals surface area contributed by atoms with Crippen LogP contribution in [0.3, 0.4) is 0 Å². The fourth-order valence-electron chi connectivity index (χ4n) is 9.01. The van der Waals surface area contributed by atoms with Gasteiger partial charge < -0.3 is 24.8 Å². The van der Waals surface area contributed by atoms with Crippen molar-refractivity contribution in [3.8, 4) is 22.5 Å². The van der Waals surface area contributed by atoms with Crippen LogP contribution in [0.4, 0.5) is 5.69 Å². The molecule has 0 saturated carbocycles. The zero-order valence-corrected chi connectivity index (χ0v) is 34.9. The number of anilines is 1. The van der Waals surface area contributed by atoms with Crippen molar-refractivity contribution in [2.45, 2.75) is 63.6 Å². The van der Waals surface area contributed by atoms with Gasteiger partial charge in [-0.15, -0.1) is 5.10 Å². The minimum Gasteiger partial charge on any atom is -0.417 e. The van der Waals surface area contributed by atoms with E-state index in [-0.39, 0.29) is 5.70 Å². The highest BCUT2D eigenvalue weighted by Gasteiger charge is 2.49. The van der Waals surface area contributed by atoms with Crippen LogP contribution in [0.15, 0.2) is 175 Å². The largest absolute Gasteiger partial charge is 0.417 e. The fraction of sp³-hybridized carbons (Fsp3) is 0.196. The lowest BCUT2D eigenvalue weighted by molar-refractivity contribution is -0.163. The Bertz CT molecular complexity index is 2690. The Morgan fingerprint density at radius 1 is 0.758 bits per heavy atom. The summed E-state index contributed by atoms with van der Waals surface area (Å²) >= 11 is 0. The second-order valence-electron chi connectivity index (χ2n) is 16.3. The van der Waals surface area contributed by atoms with Gasteiger partial charge in [-0.25, -0.2) is 14.3 Å². The number of hydrogen-bond acceptors (Lipinski definition) is 10. The molecule has 11 heteroatoms. The van der Waals surface area contributed by atoms with Gasteiger partial charge in [-0.3, -0.25) is 0 Å². The lowest BCUT2D eigenvalue weighted by atomic mass is 9.77. The van der Waals surface area contributed by atoms with Crippen LogP contribution in [0.25, 0.3) is 22.5 Å². The van der Waals surface area contributed by atoms with E-state index in [0.717, 1.165) is 39.8 Å². The van der Waals surface area contributed by atoms with Gasteiger partial charge in [0.15, 0.2) is 11.5 Å². The molecule has 7 aromatic rings. The molecule has 2 aliphatic heterocycles. The van der Waals surface area contributed by atoms with Crippen LogP contribution in [0, 0.1) is 0 Å². The van der Waals surface area contributed by atoms with Crippen molar-refractivity contribution >= 4 is 17.6 Å². The zero-order valence-electron chi connectivity index (χ0n) is 34.9. The van der Waals surface area contributed by atoms with E-state index in [1.54, 1.807) is 38.1 Å². The topological polar surface area (TPSA) is 132 Å². The fourth-order valence-corrected chi connectivity index (χ4v) is 9.01.